The molecule has 2 aromatic rings. The summed E-state index contributed by atoms with van der Waals surface area (Å²) in [5, 5.41) is 6.22. The van der Waals surface area contributed by atoms with Crippen molar-refractivity contribution in [2.75, 3.05) is 23.8 Å². The Hall–Kier alpha value is -2.49. The van der Waals surface area contributed by atoms with Gasteiger partial charge in [-0.05, 0) is 49.2 Å². The van der Waals surface area contributed by atoms with Crippen molar-refractivity contribution in [1.82, 2.24) is 0 Å². The van der Waals surface area contributed by atoms with Gasteiger partial charge in [0.1, 0.15) is 5.75 Å². The molecular formula is C19H24N2O2. The number of carbonyl (C=O) groups is 1. The van der Waals surface area contributed by atoms with E-state index in [1.54, 1.807) is 0 Å². The van der Waals surface area contributed by atoms with E-state index < -0.39 is 0 Å². The van der Waals surface area contributed by atoms with Crippen LogP contribution in [0.4, 0.5) is 11.4 Å². The topological polar surface area (TPSA) is 50.4 Å². The predicted octanol–water partition coefficient (Wildman–Crippen LogP) is 4.09. The molecule has 2 aromatic carbocycles. The molecule has 0 heterocycles. The Morgan fingerprint density at radius 2 is 1.78 bits per heavy atom. The minimum atomic E-state index is -0.00404. The van der Waals surface area contributed by atoms with Crippen LogP contribution in [0.15, 0.2) is 48.5 Å². The van der Waals surface area contributed by atoms with Crippen molar-refractivity contribution < 1.29 is 9.53 Å². The number of para-hydroxylation sites is 1. The maximum atomic E-state index is 12.0. The average Bonchev–Trinajstić information content (AvgIpc) is 2.57. The Morgan fingerprint density at radius 1 is 1.04 bits per heavy atom. The molecule has 0 unspecified atom stereocenters. The summed E-state index contributed by atoms with van der Waals surface area (Å²) >= 11 is 0. The van der Waals surface area contributed by atoms with Crippen molar-refractivity contribution in [3.05, 3.63) is 54.1 Å². The van der Waals surface area contributed by atoms with E-state index in [-0.39, 0.29) is 5.91 Å². The average molecular weight is 312 g/mol. The van der Waals surface area contributed by atoms with Crippen molar-refractivity contribution in [3.63, 3.8) is 0 Å². The number of hydrogen-bond donors (Lipinski definition) is 2. The Labute approximate surface area is 137 Å². The lowest BCUT2D eigenvalue weighted by atomic mass is 10.1. The quantitative estimate of drug-likeness (QED) is 0.772. The second kappa shape index (κ2) is 8.83. The highest BCUT2D eigenvalue weighted by Gasteiger charge is 2.04. The van der Waals surface area contributed by atoms with Crippen LogP contribution in [0.1, 0.15) is 25.8 Å². The van der Waals surface area contributed by atoms with Crippen LogP contribution < -0.4 is 15.4 Å². The van der Waals surface area contributed by atoms with Crippen LogP contribution in [0.25, 0.3) is 0 Å². The van der Waals surface area contributed by atoms with E-state index in [1.807, 2.05) is 49.4 Å². The van der Waals surface area contributed by atoms with E-state index in [0.29, 0.717) is 19.6 Å². The van der Waals surface area contributed by atoms with Crippen molar-refractivity contribution >= 4 is 17.3 Å². The monoisotopic (exact) mass is 312 g/mol. The molecule has 122 valence electrons. The number of ether oxygens (including phenoxy) is 1. The van der Waals surface area contributed by atoms with Gasteiger partial charge in [0, 0.05) is 24.3 Å². The molecule has 0 spiro atoms. The van der Waals surface area contributed by atoms with Gasteiger partial charge in [0.05, 0.1) is 6.61 Å². The molecule has 0 aliphatic heterocycles. The van der Waals surface area contributed by atoms with Crippen molar-refractivity contribution in [2.24, 2.45) is 0 Å². The highest BCUT2D eigenvalue weighted by molar-refractivity contribution is 5.91. The molecule has 0 saturated heterocycles. The van der Waals surface area contributed by atoms with Crippen LogP contribution in [-0.4, -0.2) is 19.1 Å². The molecule has 0 aromatic heterocycles. The predicted molar refractivity (Wildman–Crippen MR) is 95.2 cm³/mol. The van der Waals surface area contributed by atoms with Gasteiger partial charge in [0.25, 0.3) is 0 Å². The number of benzene rings is 2. The van der Waals surface area contributed by atoms with Gasteiger partial charge in [0.15, 0.2) is 0 Å². The molecular weight excluding hydrogens is 288 g/mol. The van der Waals surface area contributed by atoms with Crippen LogP contribution in [0.3, 0.4) is 0 Å². The normalized spacial score (nSPS) is 10.2. The summed E-state index contributed by atoms with van der Waals surface area (Å²) in [7, 11) is 0. The molecule has 23 heavy (non-hydrogen) atoms. The lowest BCUT2D eigenvalue weighted by molar-refractivity contribution is -0.115. The van der Waals surface area contributed by atoms with Crippen molar-refractivity contribution in [3.8, 4) is 5.75 Å². The number of hydrogen-bond acceptors (Lipinski definition) is 3. The first-order valence-corrected chi connectivity index (χ1v) is 8.07. The van der Waals surface area contributed by atoms with Crippen LogP contribution >= 0.6 is 0 Å². The summed E-state index contributed by atoms with van der Waals surface area (Å²) in [4.78, 5) is 12.0. The van der Waals surface area contributed by atoms with Gasteiger partial charge in [-0.25, -0.2) is 0 Å². The third-order valence-electron chi connectivity index (χ3n) is 3.51. The summed E-state index contributed by atoms with van der Waals surface area (Å²) in [6, 6.07) is 15.6. The minimum absolute atomic E-state index is 0.00404. The second-order valence-electron chi connectivity index (χ2n) is 5.19. The van der Waals surface area contributed by atoms with Gasteiger partial charge in [-0.3, -0.25) is 4.79 Å². The molecule has 4 heteroatoms. The molecule has 2 N–H and O–H groups in total. The minimum Gasteiger partial charge on any atom is -0.494 e. The molecule has 0 aliphatic rings. The zero-order chi connectivity index (χ0) is 16.5. The van der Waals surface area contributed by atoms with Crippen molar-refractivity contribution in [2.45, 2.75) is 26.7 Å². The summed E-state index contributed by atoms with van der Waals surface area (Å²) < 4.78 is 5.38. The lowest BCUT2D eigenvalue weighted by Crippen LogP contribution is -2.16. The maximum absolute atomic E-state index is 12.0. The van der Waals surface area contributed by atoms with Gasteiger partial charge >= 0.3 is 0 Å². The number of nitrogens with one attached hydrogen (secondary N) is 2. The molecule has 0 aliphatic carbocycles. The summed E-state index contributed by atoms with van der Waals surface area (Å²) in [5.74, 6) is 0.805. The van der Waals surface area contributed by atoms with E-state index in [2.05, 4.69) is 23.6 Å². The largest absolute Gasteiger partial charge is 0.494 e. The van der Waals surface area contributed by atoms with Crippen LogP contribution in [0.2, 0.25) is 0 Å². The van der Waals surface area contributed by atoms with Crippen LogP contribution in [0.5, 0.6) is 5.75 Å². The molecule has 0 saturated carbocycles. The third kappa shape index (κ3) is 5.33. The molecule has 0 bridgehead atoms. The van der Waals surface area contributed by atoms with Gasteiger partial charge in [-0.1, -0.05) is 25.1 Å². The number of amides is 1. The highest BCUT2D eigenvalue weighted by Crippen LogP contribution is 2.17. The Bertz CT molecular complexity index is 624. The van der Waals surface area contributed by atoms with E-state index in [1.165, 1.54) is 5.56 Å². The first-order valence-electron chi connectivity index (χ1n) is 8.07. The zero-order valence-corrected chi connectivity index (χ0v) is 13.8. The van der Waals surface area contributed by atoms with Gasteiger partial charge in [-0.15, -0.1) is 0 Å². The second-order valence-corrected chi connectivity index (χ2v) is 5.19. The van der Waals surface area contributed by atoms with E-state index in [4.69, 9.17) is 4.74 Å². The zero-order valence-electron chi connectivity index (χ0n) is 13.8. The Kier molecular flexibility index (Phi) is 6.48. The molecule has 0 radical (unpaired) electrons. The summed E-state index contributed by atoms with van der Waals surface area (Å²) in [5.41, 5.74) is 3.15. The molecule has 0 fully saturated rings. The third-order valence-corrected chi connectivity index (χ3v) is 3.51. The Morgan fingerprint density at radius 3 is 2.48 bits per heavy atom. The number of anilines is 2. The SMILES string of the molecule is CCOc1ccc(NC(=O)CCNc2ccccc2CC)cc1. The fraction of sp³-hybridized carbons (Fsp3) is 0.316. The first kappa shape index (κ1) is 16.9. The fourth-order valence-corrected chi connectivity index (χ4v) is 2.34. The van der Waals surface area contributed by atoms with Crippen LogP contribution in [0, 0.1) is 0 Å². The van der Waals surface area contributed by atoms with E-state index in [9.17, 15) is 4.79 Å². The summed E-state index contributed by atoms with van der Waals surface area (Å²) in [6.45, 7) is 5.31. The molecule has 0 atom stereocenters. The van der Waals surface area contributed by atoms with Crippen molar-refractivity contribution in [1.29, 1.82) is 0 Å². The molecule has 2 rings (SSSR count). The van der Waals surface area contributed by atoms with Gasteiger partial charge in [-0.2, -0.15) is 0 Å². The summed E-state index contributed by atoms with van der Waals surface area (Å²) in [6.07, 6.45) is 1.40. The highest BCUT2D eigenvalue weighted by atomic mass is 16.5. The molecule has 4 nitrogen and oxygen atoms in total. The number of rotatable bonds is 8. The maximum Gasteiger partial charge on any atom is 0.226 e. The van der Waals surface area contributed by atoms with Gasteiger partial charge in [0.2, 0.25) is 5.91 Å². The van der Waals surface area contributed by atoms with Gasteiger partial charge < -0.3 is 15.4 Å². The fourth-order valence-electron chi connectivity index (χ4n) is 2.34. The molecule has 1 amide bonds. The number of aryl methyl sites for hydroxylation is 1. The number of carbonyl (C=O) groups excluding carboxylic acids is 1. The Balaban J connectivity index is 1.78. The lowest BCUT2D eigenvalue weighted by Gasteiger charge is -2.11. The van der Waals surface area contributed by atoms with E-state index in [0.717, 1.165) is 23.5 Å². The standard InChI is InChI=1S/C19H24N2O2/c1-3-15-7-5-6-8-18(15)20-14-13-19(22)21-16-9-11-17(12-10-16)23-4-2/h5-12,20H,3-4,13-14H2,1-2H3,(H,21,22). The van der Waals surface area contributed by atoms with E-state index >= 15 is 0 Å². The first-order chi connectivity index (χ1) is 11.2. The van der Waals surface area contributed by atoms with Crippen LogP contribution in [-0.2, 0) is 11.2 Å². The smallest absolute Gasteiger partial charge is 0.226 e.